The molecular formula is C14H23N3S. The third-order valence-electron chi connectivity index (χ3n) is 4.10. The summed E-state index contributed by atoms with van der Waals surface area (Å²) in [6.07, 6.45) is 5.93. The third-order valence-corrected chi connectivity index (χ3v) is 4.74. The van der Waals surface area contributed by atoms with Gasteiger partial charge >= 0.3 is 0 Å². The van der Waals surface area contributed by atoms with Crippen LogP contribution in [0.5, 0.6) is 0 Å². The Balaban J connectivity index is 1.99. The predicted molar refractivity (Wildman–Crippen MR) is 78.2 cm³/mol. The molecule has 0 amide bonds. The molecule has 18 heavy (non-hydrogen) atoms. The van der Waals surface area contributed by atoms with Crippen LogP contribution in [-0.4, -0.2) is 29.5 Å². The second-order valence-corrected chi connectivity index (χ2v) is 5.83. The number of aromatic nitrogens is 2. The quantitative estimate of drug-likeness (QED) is 0.762. The molecule has 2 rings (SSSR count). The molecule has 3 nitrogen and oxygen atoms in total. The topological polar surface area (TPSA) is 29.0 Å². The van der Waals surface area contributed by atoms with Crippen LogP contribution in [0.1, 0.15) is 33.1 Å². The fraction of sp³-hybridized carbons (Fsp3) is 0.714. The van der Waals surface area contributed by atoms with Crippen molar-refractivity contribution in [2.24, 2.45) is 11.8 Å². The minimum Gasteiger partial charge on any atom is -0.355 e. The van der Waals surface area contributed by atoms with Crippen molar-refractivity contribution < 1.29 is 0 Å². The van der Waals surface area contributed by atoms with Gasteiger partial charge in [-0.3, -0.25) is 0 Å². The Morgan fingerprint density at radius 2 is 2.11 bits per heavy atom. The molecule has 1 aliphatic rings. The standard InChI is InChI=1S/C14H23N3S/c1-4-11(5-2)12-8-9-17(10-12)13-6-7-14(18-3)16-15-13/h6-7,11-12H,4-5,8-10H2,1-3H3. The average molecular weight is 265 g/mol. The van der Waals surface area contributed by atoms with E-state index in [0.29, 0.717) is 0 Å². The van der Waals surface area contributed by atoms with Gasteiger partial charge in [0.15, 0.2) is 5.82 Å². The molecule has 100 valence electrons. The highest BCUT2D eigenvalue weighted by Gasteiger charge is 2.28. The van der Waals surface area contributed by atoms with E-state index in [4.69, 9.17) is 0 Å². The van der Waals surface area contributed by atoms with E-state index < -0.39 is 0 Å². The van der Waals surface area contributed by atoms with Crippen molar-refractivity contribution in [3.05, 3.63) is 12.1 Å². The van der Waals surface area contributed by atoms with Crippen LogP contribution >= 0.6 is 11.8 Å². The van der Waals surface area contributed by atoms with Gasteiger partial charge in [-0.05, 0) is 36.6 Å². The van der Waals surface area contributed by atoms with E-state index in [2.05, 4.69) is 41.1 Å². The van der Waals surface area contributed by atoms with Crippen molar-refractivity contribution in [2.45, 2.75) is 38.1 Å². The summed E-state index contributed by atoms with van der Waals surface area (Å²) in [5.41, 5.74) is 0. The minimum atomic E-state index is 0.835. The van der Waals surface area contributed by atoms with Gasteiger partial charge < -0.3 is 4.90 Å². The molecule has 1 aliphatic heterocycles. The zero-order valence-corrected chi connectivity index (χ0v) is 12.4. The van der Waals surface area contributed by atoms with Crippen LogP contribution in [0.25, 0.3) is 0 Å². The monoisotopic (exact) mass is 265 g/mol. The number of thioether (sulfide) groups is 1. The van der Waals surface area contributed by atoms with Crippen LogP contribution < -0.4 is 4.90 Å². The molecule has 0 saturated carbocycles. The highest BCUT2D eigenvalue weighted by Crippen LogP contribution is 2.30. The second kappa shape index (κ2) is 6.41. The first-order chi connectivity index (χ1) is 8.78. The Kier molecular flexibility index (Phi) is 4.87. The molecule has 1 atom stereocenters. The van der Waals surface area contributed by atoms with E-state index in [1.54, 1.807) is 11.8 Å². The molecule has 1 aromatic heterocycles. The molecule has 4 heteroatoms. The van der Waals surface area contributed by atoms with Crippen molar-refractivity contribution >= 4 is 17.6 Å². The van der Waals surface area contributed by atoms with Gasteiger partial charge in [0.05, 0.1) is 0 Å². The molecule has 1 fully saturated rings. The van der Waals surface area contributed by atoms with Gasteiger partial charge in [-0.2, -0.15) is 0 Å². The third kappa shape index (κ3) is 2.97. The first-order valence-corrected chi connectivity index (χ1v) is 8.13. The molecule has 0 radical (unpaired) electrons. The van der Waals surface area contributed by atoms with Crippen molar-refractivity contribution in [3.8, 4) is 0 Å². The van der Waals surface area contributed by atoms with E-state index >= 15 is 0 Å². The molecule has 0 aliphatic carbocycles. The van der Waals surface area contributed by atoms with E-state index in [1.807, 2.05) is 6.26 Å². The van der Waals surface area contributed by atoms with Crippen molar-refractivity contribution in [2.75, 3.05) is 24.2 Å². The fourth-order valence-corrected chi connectivity index (χ4v) is 3.25. The molecule has 1 unspecified atom stereocenters. The van der Waals surface area contributed by atoms with E-state index in [9.17, 15) is 0 Å². The number of anilines is 1. The van der Waals surface area contributed by atoms with Crippen LogP contribution in [0, 0.1) is 11.8 Å². The summed E-state index contributed by atoms with van der Waals surface area (Å²) in [4.78, 5) is 2.39. The number of rotatable bonds is 5. The van der Waals surface area contributed by atoms with Gasteiger partial charge in [0.25, 0.3) is 0 Å². The van der Waals surface area contributed by atoms with Gasteiger partial charge in [-0.1, -0.05) is 26.7 Å². The Labute approximate surface area is 114 Å². The molecule has 1 aromatic rings. The van der Waals surface area contributed by atoms with Crippen LogP contribution in [0.2, 0.25) is 0 Å². The summed E-state index contributed by atoms with van der Waals surface area (Å²) >= 11 is 1.64. The van der Waals surface area contributed by atoms with E-state index in [1.165, 1.54) is 19.3 Å². The SMILES string of the molecule is CCC(CC)C1CCN(c2ccc(SC)nn2)C1. The van der Waals surface area contributed by atoms with Crippen LogP contribution in [-0.2, 0) is 0 Å². The maximum atomic E-state index is 4.33. The van der Waals surface area contributed by atoms with Gasteiger partial charge in [-0.15, -0.1) is 22.0 Å². The first-order valence-electron chi connectivity index (χ1n) is 6.91. The Bertz CT molecular complexity index is 362. The van der Waals surface area contributed by atoms with Gasteiger partial charge in [0.1, 0.15) is 5.03 Å². The Morgan fingerprint density at radius 1 is 1.33 bits per heavy atom. The summed E-state index contributed by atoms with van der Waals surface area (Å²) in [5.74, 6) is 2.75. The number of nitrogens with zero attached hydrogens (tertiary/aromatic N) is 3. The van der Waals surface area contributed by atoms with E-state index in [0.717, 1.165) is 35.8 Å². The smallest absolute Gasteiger partial charge is 0.151 e. The summed E-state index contributed by atoms with van der Waals surface area (Å²) in [7, 11) is 0. The van der Waals surface area contributed by atoms with Crippen molar-refractivity contribution in [1.82, 2.24) is 10.2 Å². The second-order valence-electron chi connectivity index (χ2n) is 5.01. The van der Waals surface area contributed by atoms with Gasteiger partial charge in [0, 0.05) is 13.1 Å². The van der Waals surface area contributed by atoms with Crippen LogP contribution in [0.15, 0.2) is 17.2 Å². The first kappa shape index (κ1) is 13.7. The summed E-state index contributed by atoms with van der Waals surface area (Å²) in [6.45, 7) is 6.90. The Morgan fingerprint density at radius 3 is 2.67 bits per heavy atom. The van der Waals surface area contributed by atoms with Gasteiger partial charge in [-0.25, -0.2) is 0 Å². The molecule has 0 bridgehead atoms. The van der Waals surface area contributed by atoms with E-state index in [-0.39, 0.29) is 0 Å². The number of hydrogen-bond acceptors (Lipinski definition) is 4. The molecule has 0 N–H and O–H groups in total. The summed E-state index contributed by atoms with van der Waals surface area (Å²) in [5, 5.41) is 9.55. The normalized spacial score (nSPS) is 19.8. The average Bonchev–Trinajstić information content (AvgIpc) is 2.90. The van der Waals surface area contributed by atoms with Crippen molar-refractivity contribution in [1.29, 1.82) is 0 Å². The lowest BCUT2D eigenvalue weighted by molar-refractivity contribution is 0.339. The molecule has 0 aromatic carbocycles. The Hall–Kier alpha value is -0.770. The fourth-order valence-electron chi connectivity index (χ4n) is 2.93. The largest absolute Gasteiger partial charge is 0.355 e. The summed E-state index contributed by atoms with van der Waals surface area (Å²) in [6, 6.07) is 4.17. The number of hydrogen-bond donors (Lipinski definition) is 0. The predicted octanol–water partition coefficient (Wildman–Crippen LogP) is 3.46. The molecule has 0 spiro atoms. The van der Waals surface area contributed by atoms with Crippen LogP contribution in [0.3, 0.4) is 0 Å². The van der Waals surface area contributed by atoms with Crippen molar-refractivity contribution in [3.63, 3.8) is 0 Å². The molecule has 1 saturated heterocycles. The summed E-state index contributed by atoms with van der Waals surface area (Å²) < 4.78 is 0. The van der Waals surface area contributed by atoms with Gasteiger partial charge in [0.2, 0.25) is 0 Å². The minimum absolute atomic E-state index is 0.835. The zero-order chi connectivity index (χ0) is 13.0. The molecule has 2 heterocycles. The zero-order valence-electron chi connectivity index (χ0n) is 11.6. The maximum absolute atomic E-state index is 4.33. The highest BCUT2D eigenvalue weighted by atomic mass is 32.2. The lowest BCUT2D eigenvalue weighted by atomic mass is 9.87. The lowest BCUT2D eigenvalue weighted by Crippen LogP contribution is -2.23. The lowest BCUT2D eigenvalue weighted by Gasteiger charge is -2.21. The maximum Gasteiger partial charge on any atom is 0.151 e. The molecular weight excluding hydrogens is 242 g/mol. The highest BCUT2D eigenvalue weighted by molar-refractivity contribution is 7.98. The van der Waals surface area contributed by atoms with Crippen LogP contribution in [0.4, 0.5) is 5.82 Å².